The molecular weight excluding hydrogens is 266 g/mol. The lowest BCUT2D eigenvalue weighted by Crippen LogP contribution is -2.17. The Balaban J connectivity index is 0.00000289. The number of aliphatic carboxylic acids is 1. The van der Waals surface area contributed by atoms with Crippen molar-refractivity contribution < 1.29 is 23.4 Å². The largest absolute Gasteiger partial charge is 0.481 e. The topological polar surface area (TPSA) is 46.5 Å². The Kier molecular flexibility index (Phi) is 6.62. The second kappa shape index (κ2) is 7.16. The van der Waals surface area contributed by atoms with E-state index in [9.17, 15) is 13.6 Å². The molecule has 6 heteroatoms. The minimum absolute atomic E-state index is 0. The predicted molar refractivity (Wildman–Crippen MR) is 65.5 cm³/mol. The standard InChI is InChI=1S/C12H14F2O3.ClH/c1-7(2)10(11(15)16)8-4-3-5-9(6-8)17-12(13)14;/h3-7,10,12H,1-2H3,(H,15,16);1H. The van der Waals surface area contributed by atoms with Crippen LogP contribution in [-0.4, -0.2) is 17.7 Å². The van der Waals surface area contributed by atoms with Crippen molar-refractivity contribution in [3.05, 3.63) is 29.8 Å². The fraction of sp³-hybridized carbons (Fsp3) is 0.417. The maximum atomic E-state index is 12.0. The fourth-order valence-corrected chi connectivity index (χ4v) is 1.70. The van der Waals surface area contributed by atoms with Gasteiger partial charge in [0.15, 0.2) is 0 Å². The van der Waals surface area contributed by atoms with E-state index in [0.717, 1.165) is 0 Å². The number of rotatable bonds is 5. The van der Waals surface area contributed by atoms with Crippen LogP contribution < -0.4 is 4.74 Å². The first-order valence-electron chi connectivity index (χ1n) is 5.19. The molecule has 1 unspecified atom stereocenters. The van der Waals surface area contributed by atoms with Crippen LogP contribution in [0.2, 0.25) is 0 Å². The maximum absolute atomic E-state index is 12.0. The molecule has 1 aromatic rings. The molecule has 0 aliphatic heterocycles. The van der Waals surface area contributed by atoms with E-state index in [2.05, 4.69) is 4.74 Å². The molecule has 0 saturated heterocycles. The van der Waals surface area contributed by atoms with Crippen LogP contribution in [0.25, 0.3) is 0 Å². The van der Waals surface area contributed by atoms with Gasteiger partial charge in [-0.15, -0.1) is 12.4 Å². The molecule has 0 heterocycles. The van der Waals surface area contributed by atoms with Gasteiger partial charge in [0.2, 0.25) is 0 Å². The van der Waals surface area contributed by atoms with Crippen LogP contribution in [0.3, 0.4) is 0 Å². The van der Waals surface area contributed by atoms with Crippen molar-refractivity contribution in [2.45, 2.75) is 26.4 Å². The van der Waals surface area contributed by atoms with Gasteiger partial charge in [-0.2, -0.15) is 8.78 Å². The molecule has 0 saturated carbocycles. The summed E-state index contributed by atoms with van der Waals surface area (Å²) < 4.78 is 28.3. The molecular formula is C12H15ClF2O3. The summed E-state index contributed by atoms with van der Waals surface area (Å²) in [6.45, 7) is 0.617. The zero-order valence-electron chi connectivity index (χ0n) is 9.97. The van der Waals surface area contributed by atoms with Crippen molar-refractivity contribution in [3.63, 3.8) is 0 Å². The van der Waals surface area contributed by atoms with Gasteiger partial charge in [-0.3, -0.25) is 4.79 Å². The Morgan fingerprint density at radius 2 is 1.94 bits per heavy atom. The number of ether oxygens (including phenoxy) is 1. The van der Waals surface area contributed by atoms with Crippen LogP contribution in [-0.2, 0) is 4.79 Å². The quantitative estimate of drug-likeness (QED) is 0.897. The van der Waals surface area contributed by atoms with Gasteiger partial charge in [0.25, 0.3) is 0 Å². The number of hydrogen-bond acceptors (Lipinski definition) is 2. The molecule has 1 atom stereocenters. The molecule has 0 spiro atoms. The second-order valence-electron chi connectivity index (χ2n) is 4.01. The summed E-state index contributed by atoms with van der Waals surface area (Å²) in [5.74, 6) is -1.86. The number of benzene rings is 1. The van der Waals surface area contributed by atoms with Crippen LogP contribution in [0.15, 0.2) is 24.3 Å². The number of hydrogen-bond donors (Lipinski definition) is 1. The smallest absolute Gasteiger partial charge is 0.387 e. The monoisotopic (exact) mass is 280 g/mol. The van der Waals surface area contributed by atoms with Gasteiger partial charge in [0, 0.05) is 0 Å². The lowest BCUT2D eigenvalue weighted by Gasteiger charge is -2.17. The Morgan fingerprint density at radius 3 is 2.39 bits per heavy atom. The fourth-order valence-electron chi connectivity index (χ4n) is 1.70. The summed E-state index contributed by atoms with van der Waals surface area (Å²) in [7, 11) is 0. The summed E-state index contributed by atoms with van der Waals surface area (Å²) >= 11 is 0. The van der Waals surface area contributed by atoms with Crippen LogP contribution in [0.5, 0.6) is 5.75 Å². The number of carbonyl (C=O) groups is 1. The van der Waals surface area contributed by atoms with Crippen LogP contribution in [0.1, 0.15) is 25.3 Å². The first kappa shape index (κ1) is 16.6. The van der Waals surface area contributed by atoms with E-state index in [4.69, 9.17) is 5.11 Å². The highest BCUT2D eigenvalue weighted by Gasteiger charge is 2.24. The van der Waals surface area contributed by atoms with Crippen molar-refractivity contribution in [1.29, 1.82) is 0 Å². The molecule has 0 amide bonds. The lowest BCUT2D eigenvalue weighted by atomic mass is 9.88. The van der Waals surface area contributed by atoms with E-state index < -0.39 is 18.5 Å². The minimum atomic E-state index is -2.91. The van der Waals surface area contributed by atoms with Gasteiger partial charge in [-0.05, 0) is 23.6 Å². The van der Waals surface area contributed by atoms with Crippen molar-refractivity contribution in [3.8, 4) is 5.75 Å². The maximum Gasteiger partial charge on any atom is 0.387 e. The zero-order valence-corrected chi connectivity index (χ0v) is 10.8. The molecule has 1 aromatic carbocycles. The summed E-state index contributed by atoms with van der Waals surface area (Å²) in [5, 5.41) is 9.08. The average Bonchev–Trinajstić information content (AvgIpc) is 2.15. The molecule has 18 heavy (non-hydrogen) atoms. The van der Waals surface area contributed by atoms with Crippen LogP contribution >= 0.6 is 12.4 Å². The van der Waals surface area contributed by atoms with Crippen molar-refractivity contribution in [1.82, 2.24) is 0 Å². The van der Waals surface area contributed by atoms with E-state index in [1.165, 1.54) is 18.2 Å². The average molecular weight is 281 g/mol. The number of alkyl halides is 2. The molecule has 3 nitrogen and oxygen atoms in total. The van der Waals surface area contributed by atoms with Gasteiger partial charge in [-0.25, -0.2) is 0 Å². The number of halogens is 3. The SMILES string of the molecule is CC(C)C(C(=O)O)c1cccc(OC(F)F)c1.Cl. The summed E-state index contributed by atoms with van der Waals surface area (Å²) in [5.41, 5.74) is 0.464. The predicted octanol–water partition coefficient (Wildman–Crippen LogP) is 3.53. The first-order valence-corrected chi connectivity index (χ1v) is 5.19. The number of carboxylic acid groups (broad SMARTS) is 1. The molecule has 0 bridgehead atoms. The summed E-state index contributed by atoms with van der Waals surface area (Å²) in [6, 6.07) is 5.81. The second-order valence-corrected chi connectivity index (χ2v) is 4.01. The van der Waals surface area contributed by atoms with E-state index in [0.29, 0.717) is 5.56 Å². The molecule has 1 rings (SSSR count). The minimum Gasteiger partial charge on any atom is -0.481 e. The van der Waals surface area contributed by atoms with Crippen molar-refractivity contribution >= 4 is 18.4 Å². The van der Waals surface area contributed by atoms with Gasteiger partial charge in [-0.1, -0.05) is 26.0 Å². The van der Waals surface area contributed by atoms with Crippen LogP contribution in [0, 0.1) is 5.92 Å². The van der Waals surface area contributed by atoms with E-state index in [1.807, 2.05) is 0 Å². The molecule has 0 aliphatic rings. The van der Waals surface area contributed by atoms with Gasteiger partial charge >= 0.3 is 12.6 Å². The Morgan fingerprint density at radius 1 is 1.33 bits per heavy atom. The molecule has 0 radical (unpaired) electrons. The van der Waals surface area contributed by atoms with Crippen molar-refractivity contribution in [2.75, 3.05) is 0 Å². The Bertz CT molecular complexity index is 397. The van der Waals surface area contributed by atoms with Crippen molar-refractivity contribution in [2.24, 2.45) is 5.92 Å². The molecule has 1 N–H and O–H groups in total. The number of carboxylic acids is 1. The third-order valence-electron chi connectivity index (χ3n) is 2.38. The highest BCUT2D eigenvalue weighted by molar-refractivity contribution is 5.85. The highest BCUT2D eigenvalue weighted by Crippen LogP contribution is 2.28. The normalized spacial score (nSPS) is 12.1. The lowest BCUT2D eigenvalue weighted by molar-refractivity contribution is -0.139. The molecule has 0 aromatic heterocycles. The van der Waals surface area contributed by atoms with Crippen LogP contribution in [0.4, 0.5) is 8.78 Å². The summed E-state index contributed by atoms with van der Waals surface area (Å²) in [6.07, 6.45) is 0. The van der Waals surface area contributed by atoms with Gasteiger partial charge < -0.3 is 9.84 Å². The van der Waals surface area contributed by atoms with Gasteiger partial charge in [0.1, 0.15) is 5.75 Å². The first-order chi connectivity index (χ1) is 7.91. The molecule has 102 valence electrons. The summed E-state index contributed by atoms with van der Waals surface area (Å²) in [4.78, 5) is 11.1. The van der Waals surface area contributed by atoms with E-state index in [-0.39, 0.29) is 24.1 Å². The molecule has 0 aliphatic carbocycles. The third-order valence-corrected chi connectivity index (χ3v) is 2.38. The molecule has 0 fully saturated rings. The van der Waals surface area contributed by atoms with E-state index in [1.54, 1.807) is 19.9 Å². The van der Waals surface area contributed by atoms with E-state index >= 15 is 0 Å². The zero-order chi connectivity index (χ0) is 13.0. The Labute approximate surface area is 110 Å². The third kappa shape index (κ3) is 4.49. The highest BCUT2D eigenvalue weighted by atomic mass is 35.5. The Hall–Kier alpha value is -1.36. The van der Waals surface area contributed by atoms with Gasteiger partial charge in [0.05, 0.1) is 5.92 Å².